The molecule has 0 aromatic carbocycles. The van der Waals surface area contributed by atoms with Gasteiger partial charge in [0, 0.05) is 13.2 Å². The first kappa shape index (κ1) is 34.4. The predicted molar refractivity (Wildman–Crippen MR) is 121 cm³/mol. The van der Waals surface area contributed by atoms with E-state index < -0.39 is 0 Å². The average Bonchev–Trinajstić information content (AvgIpc) is 2.64. The Kier molecular flexibility index (Phi) is 32.9. The van der Waals surface area contributed by atoms with Gasteiger partial charge in [0.05, 0.1) is 37.6 Å². The fourth-order valence-corrected chi connectivity index (χ4v) is 1.60. The Balaban J connectivity index is -0.000000183. The molecule has 0 spiro atoms. The van der Waals surface area contributed by atoms with E-state index in [0.29, 0.717) is 24.4 Å². The summed E-state index contributed by atoms with van der Waals surface area (Å²) in [5.41, 5.74) is 0. The molecule has 0 aromatic heterocycles. The third-order valence-electron chi connectivity index (χ3n) is 4.28. The Morgan fingerprint density at radius 3 is 0.889 bits per heavy atom. The highest BCUT2D eigenvalue weighted by molar-refractivity contribution is 4.48. The summed E-state index contributed by atoms with van der Waals surface area (Å²) in [7, 11) is 0. The molecule has 0 radical (unpaired) electrons. The van der Waals surface area contributed by atoms with Gasteiger partial charge in [-0.1, -0.05) is 42.5 Å². The van der Waals surface area contributed by atoms with Gasteiger partial charge < -0.3 is 18.9 Å². The minimum atomic E-state index is 0. The van der Waals surface area contributed by atoms with Crippen molar-refractivity contribution in [2.45, 2.75) is 127 Å². The van der Waals surface area contributed by atoms with Crippen LogP contribution in [0.4, 0.5) is 0 Å². The van der Waals surface area contributed by atoms with E-state index in [1.807, 2.05) is 0 Å². The maximum absolute atomic E-state index is 5.53. The molecular formula is C23H54O4. The summed E-state index contributed by atoms with van der Waals surface area (Å²) in [5.74, 6) is 0. The Bertz CT molecular complexity index is 225. The lowest BCUT2D eigenvalue weighted by Gasteiger charge is -2.13. The summed E-state index contributed by atoms with van der Waals surface area (Å²) in [5, 5.41) is 0. The van der Waals surface area contributed by atoms with Crippen LogP contribution in [0.15, 0.2) is 0 Å². The molecule has 0 rings (SSSR count). The van der Waals surface area contributed by atoms with Crippen molar-refractivity contribution in [3.8, 4) is 0 Å². The second-order valence-corrected chi connectivity index (χ2v) is 6.71. The van der Waals surface area contributed by atoms with Gasteiger partial charge in [-0.25, -0.2) is 0 Å². The van der Waals surface area contributed by atoms with Crippen LogP contribution in [0.25, 0.3) is 0 Å². The second-order valence-electron chi connectivity index (χ2n) is 6.71. The zero-order valence-corrected chi connectivity index (χ0v) is 18.3. The van der Waals surface area contributed by atoms with Crippen LogP contribution in [0.2, 0.25) is 0 Å². The first-order valence-electron chi connectivity index (χ1n) is 10.4. The molecule has 4 heteroatoms. The van der Waals surface area contributed by atoms with E-state index in [1.165, 1.54) is 0 Å². The molecule has 0 aliphatic heterocycles. The molecule has 0 heterocycles. The molecule has 27 heavy (non-hydrogen) atoms. The number of rotatable bonds is 15. The molecule has 0 amide bonds. The van der Waals surface area contributed by atoms with Crippen LogP contribution >= 0.6 is 0 Å². The van der Waals surface area contributed by atoms with Crippen molar-refractivity contribution in [2.24, 2.45) is 0 Å². The first-order chi connectivity index (χ1) is 11.9. The molecule has 170 valence electrons. The van der Waals surface area contributed by atoms with Crippen LogP contribution < -0.4 is 0 Å². The summed E-state index contributed by atoms with van der Waals surface area (Å²) in [4.78, 5) is 0. The van der Waals surface area contributed by atoms with E-state index in [-0.39, 0.29) is 14.9 Å². The Morgan fingerprint density at radius 2 is 0.667 bits per heavy atom. The summed E-state index contributed by atoms with van der Waals surface area (Å²) in [6, 6.07) is 0. The van der Waals surface area contributed by atoms with Gasteiger partial charge in [0.15, 0.2) is 0 Å². The van der Waals surface area contributed by atoms with Gasteiger partial charge in [-0.2, -0.15) is 0 Å². The molecule has 0 aromatic rings. The molecule has 0 aliphatic rings. The zero-order chi connectivity index (χ0) is 19.5. The van der Waals surface area contributed by atoms with Crippen LogP contribution in [-0.2, 0) is 18.9 Å². The van der Waals surface area contributed by atoms with Crippen molar-refractivity contribution in [3.05, 3.63) is 0 Å². The van der Waals surface area contributed by atoms with Gasteiger partial charge in [0.25, 0.3) is 0 Å². The van der Waals surface area contributed by atoms with Crippen molar-refractivity contribution < 1.29 is 18.9 Å². The molecule has 0 saturated carbocycles. The first-order valence-corrected chi connectivity index (χ1v) is 10.4. The van der Waals surface area contributed by atoms with E-state index in [0.717, 1.165) is 58.5 Å². The van der Waals surface area contributed by atoms with Gasteiger partial charge in [-0.3, -0.25) is 0 Å². The third kappa shape index (κ3) is 28.2. The predicted octanol–water partition coefficient (Wildman–Crippen LogP) is 6.90. The maximum Gasteiger partial charge on any atom is 0.0704 e. The standard InChI is InChI=1S/C11H24O2.C10H22O2.2CH4/c1-5-10(3)12-8-7-9-13-11(4)6-2;1-5-9(3)11-7-8-12-10(4)6-2;;/h10-11H,5-9H2,1-4H3;9-10H,5-8H2,1-4H3;2*1H4. The van der Waals surface area contributed by atoms with Gasteiger partial charge in [-0.05, 0) is 59.8 Å². The summed E-state index contributed by atoms with van der Waals surface area (Å²) in [6.45, 7) is 20.0. The Morgan fingerprint density at radius 1 is 0.444 bits per heavy atom. The fourth-order valence-electron chi connectivity index (χ4n) is 1.60. The zero-order valence-electron chi connectivity index (χ0n) is 18.3. The second kappa shape index (κ2) is 25.8. The number of hydrogen-bond donors (Lipinski definition) is 0. The van der Waals surface area contributed by atoms with Gasteiger partial charge in [-0.15, -0.1) is 0 Å². The summed E-state index contributed by atoms with van der Waals surface area (Å²) >= 11 is 0. The van der Waals surface area contributed by atoms with E-state index in [9.17, 15) is 0 Å². The normalized spacial score (nSPS) is 14.7. The summed E-state index contributed by atoms with van der Waals surface area (Å²) < 4.78 is 22.0. The SMILES string of the molecule is C.C.CCC(C)OCCCOC(C)CC.CCC(C)OCCOC(C)CC. The van der Waals surface area contributed by atoms with Crippen LogP contribution in [0.3, 0.4) is 0 Å². The summed E-state index contributed by atoms with van der Waals surface area (Å²) in [6.07, 6.45) is 6.85. The molecule has 0 saturated heterocycles. The topological polar surface area (TPSA) is 36.9 Å². The lowest BCUT2D eigenvalue weighted by Crippen LogP contribution is -2.15. The average molecular weight is 395 g/mol. The Hall–Kier alpha value is -0.160. The van der Waals surface area contributed by atoms with Crippen LogP contribution in [0.1, 0.15) is 102 Å². The van der Waals surface area contributed by atoms with Crippen molar-refractivity contribution >= 4 is 0 Å². The molecule has 0 aliphatic carbocycles. The minimum Gasteiger partial charge on any atom is -0.378 e. The van der Waals surface area contributed by atoms with Gasteiger partial charge >= 0.3 is 0 Å². The van der Waals surface area contributed by atoms with Crippen molar-refractivity contribution in [3.63, 3.8) is 0 Å². The van der Waals surface area contributed by atoms with E-state index in [2.05, 4.69) is 55.4 Å². The van der Waals surface area contributed by atoms with Crippen molar-refractivity contribution in [2.75, 3.05) is 26.4 Å². The highest BCUT2D eigenvalue weighted by Crippen LogP contribution is 2.00. The Labute approximate surface area is 172 Å². The largest absolute Gasteiger partial charge is 0.378 e. The van der Waals surface area contributed by atoms with E-state index in [1.54, 1.807) is 0 Å². The van der Waals surface area contributed by atoms with Gasteiger partial charge in [0.1, 0.15) is 0 Å². The molecule has 0 bridgehead atoms. The van der Waals surface area contributed by atoms with Crippen LogP contribution in [0, 0.1) is 0 Å². The van der Waals surface area contributed by atoms with Crippen LogP contribution in [-0.4, -0.2) is 50.8 Å². The number of ether oxygens (including phenoxy) is 4. The van der Waals surface area contributed by atoms with Crippen molar-refractivity contribution in [1.29, 1.82) is 0 Å². The van der Waals surface area contributed by atoms with Crippen molar-refractivity contribution in [1.82, 2.24) is 0 Å². The lowest BCUT2D eigenvalue weighted by atomic mass is 10.3. The van der Waals surface area contributed by atoms with Crippen LogP contribution in [0.5, 0.6) is 0 Å². The quantitative estimate of drug-likeness (QED) is 0.283. The minimum absolute atomic E-state index is 0. The fraction of sp³-hybridized carbons (Fsp3) is 1.00. The number of hydrogen-bond acceptors (Lipinski definition) is 4. The monoisotopic (exact) mass is 394 g/mol. The molecule has 0 fully saturated rings. The smallest absolute Gasteiger partial charge is 0.0704 e. The maximum atomic E-state index is 5.53. The highest BCUT2D eigenvalue weighted by Gasteiger charge is 2.01. The highest BCUT2D eigenvalue weighted by atomic mass is 16.5. The van der Waals surface area contributed by atoms with Gasteiger partial charge in [0.2, 0.25) is 0 Å². The molecule has 4 unspecified atom stereocenters. The molecule has 4 nitrogen and oxygen atoms in total. The molecular weight excluding hydrogens is 340 g/mol. The third-order valence-corrected chi connectivity index (χ3v) is 4.28. The molecule has 0 N–H and O–H groups in total. The van der Waals surface area contributed by atoms with E-state index in [4.69, 9.17) is 18.9 Å². The lowest BCUT2D eigenvalue weighted by molar-refractivity contribution is -0.0132. The molecule has 4 atom stereocenters. The van der Waals surface area contributed by atoms with E-state index >= 15 is 0 Å².